The molecule has 9 nitrogen and oxygen atoms in total. The fourth-order valence-electron chi connectivity index (χ4n) is 4.86. The molecule has 2 heterocycles. The number of carbonyl (C=O) groups is 1. The van der Waals surface area contributed by atoms with Crippen LogP contribution in [0.5, 0.6) is 0 Å². The molecule has 1 aromatic carbocycles. The predicted octanol–water partition coefficient (Wildman–Crippen LogP) is 4.68. The van der Waals surface area contributed by atoms with Crippen molar-refractivity contribution >= 4 is 39.1 Å². The van der Waals surface area contributed by atoms with Gasteiger partial charge in [-0.1, -0.05) is 55.3 Å². The maximum Gasteiger partial charge on any atom is 0.291 e. The maximum absolute atomic E-state index is 13.0. The highest BCUT2D eigenvalue weighted by molar-refractivity contribution is 7.89. The van der Waals surface area contributed by atoms with E-state index in [2.05, 4.69) is 20.1 Å². The second kappa shape index (κ2) is 11.6. The van der Waals surface area contributed by atoms with Gasteiger partial charge in [-0.25, -0.2) is 22.8 Å². The monoisotopic (exact) mass is 571 g/mol. The summed E-state index contributed by atoms with van der Waals surface area (Å²) in [7, 11) is -3.91. The van der Waals surface area contributed by atoms with E-state index in [0.29, 0.717) is 37.1 Å². The van der Waals surface area contributed by atoms with E-state index >= 15 is 0 Å². The highest BCUT2D eigenvalue weighted by Crippen LogP contribution is 2.36. The average molecular weight is 573 g/mol. The lowest BCUT2D eigenvalue weighted by molar-refractivity contribution is 0.0691. The molecular weight excluding hydrogens is 537 g/mol. The number of hydrogen-bond donors (Lipinski definition) is 2. The maximum atomic E-state index is 13.0. The molecule has 2 N–H and O–H groups in total. The largest absolute Gasteiger partial charge is 0.381 e. The lowest BCUT2D eigenvalue weighted by Crippen LogP contribution is -2.40. The summed E-state index contributed by atoms with van der Waals surface area (Å²) < 4.78 is 35.4. The van der Waals surface area contributed by atoms with Crippen LogP contribution in [0.25, 0.3) is 5.69 Å². The van der Waals surface area contributed by atoms with Gasteiger partial charge in [0.15, 0.2) is 0 Å². The number of nitrogens with one attached hydrogen (secondary N) is 2. The molecule has 1 aliphatic carbocycles. The number of amides is 1. The van der Waals surface area contributed by atoms with Gasteiger partial charge in [0.05, 0.1) is 15.7 Å². The van der Waals surface area contributed by atoms with E-state index in [0.717, 1.165) is 38.5 Å². The average Bonchev–Trinajstić information content (AvgIpc) is 3.24. The van der Waals surface area contributed by atoms with Gasteiger partial charge in [-0.2, -0.15) is 0 Å². The molecule has 2 aromatic rings. The Bertz CT molecular complexity index is 1230. The molecule has 1 amide bonds. The van der Waals surface area contributed by atoms with Crippen molar-refractivity contribution in [1.82, 2.24) is 24.8 Å². The number of carbonyl (C=O) groups excluding carboxylic acids is 1. The van der Waals surface area contributed by atoms with Crippen molar-refractivity contribution in [3.8, 4) is 5.69 Å². The quantitative estimate of drug-likeness (QED) is 0.498. The number of benzene rings is 1. The minimum absolute atomic E-state index is 0.00725. The first kappa shape index (κ1) is 28.3. The summed E-state index contributed by atoms with van der Waals surface area (Å²) in [5.41, 5.74) is -0.316. The number of halogens is 2. The second-order valence-electron chi connectivity index (χ2n) is 10.9. The Hall–Kier alpha value is -1.72. The Morgan fingerprint density at radius 3 is 2.41 bits per heavy atom. The minimum Gasteiger partial charge on any atom is -0.381 e. The van der Waals surface area contributed by atoms with Gasteiger partial charge in [0.1, 0.15) is 10.7 Å². The third-order valence-electron chi connectivity index (χ3n) is 6.61. The van der Waals surface area contributed by atoms with Crippen LogP contribution < -0.4 is 10.0 Å². The molecular formula is C25H35Cl2N5O4S. The summed E-state index contributed by atoms with van der Waals surface area (Å²) in [6.07, 6.45) is 7.83. The summed E-state index contributed by atoms with van der Waals surface area (Å²) >= 11 is 13.1. The van der Waals surface area contributed by atoms with E-state index < -0.39 is 15.6 Å². The van der Waals surface area contributed by atoms with Gasteiger partial charge in [0, 0.05) is 31.2 Å². The highest BCUT2D eigenvalue weighted by Gasteiger charge is 2.29. The zero-order valence-electron chi connectivity index (χ0n) is 21.5. The number of aromatic nitrogens is 3. The van der Waals surface area contributed by atoms with Crippen LogP contribution in [0.3, 0.4) is 0 Å². The van der Waals surface area contributed by atoms with Gasteiger partial charge in [-0.3, -0.25) is 4.79 Å². The zero-order valence-corrected chi connectivity index (χ0v) is 23.8. The number of nitrogens with zero attached hydrogens (tertiary/aromatic N) is 3. The fourth-order valence-corrected chi connectivity index (χ4v) is 7.12. The molecule has 204 valence electrons. The molecule has 0 spiro atoms. The third-order valence-corrected chi connectivity index (χ3v) is 9.40. The Kier molecular flexibility index (Phi) is 8.85. The Balaban J connectivity index is 1.69. The van der Waals surface area contributed by atoms with E-state index in [1.54, 1.807) is 26.8 Å². The normalized spacial score (nSPS) is 18.2. The molecule has 0 bridgehead atoms. The molecule has 4 rings (SSSR count). The van der Waals surface area contributed by atoms with Crippen molar-refractivity contribution in [3.05, 3.63) is 33.8 Å². The van der Waals surface area contributed by atoms with Crippen LogP contribution in [0.1, 0.15) is 82.2 Å². The van der Waals surface area contributed by atoms with E-state index in [1.807, 2.05) is 0 Å². The topological polar surface area (TPSA) is 115 Å². The molecule has 0 unspecified atom stereocenters. The van der Waals surface area contributed by atoms with E-state index in [9.17, 15) is 13.2 Å². The molecule has 1 aliphatic heterocycles. The minimum atomic E-state index is -3.91. The molecule has 2 fully saturated rings. The van der Waals surface area contributed by atoms with Crippen molar-refractivity contribution in [1.29, 1.82) is 0 Å². The van der Waals surface area contributed by atoms with Gasteiger partial charge in [0.25, 0.3) is 5.91 Å². The molecule has 37 heavy (non-hydrogen) atoms. The van der Waals surface area contributed by atoms with Crippen LogP contribution in [-0.4, -0.2) is 53.9 Å². The lowest BCUT2D eigenvalue weighted by Gasteiger charge is -2.22. The van der Waals surface area contributed by atoms with Crippen molar-refractivity contribution in [2.45, 2.75) is 88.6 Å². The van der Waals surface area contributed by atoms with Gasteiger partial charge in [-0.05, 0) is 51.7 Å². The van der Waals surface area contributed by atoms with E-state index in [-0.39, 0.29) is 32.7 Å². The third kappa shape index (κ3) is 7.03. The molecule has 1 saturated heterocycles. The van der Waals surface area contributed by atoms with Gasteiger partial charge >= 0.3 is 0 Å². The highest BCUT2D eigenvalue weighted by atomic mass is 35.5. The summed E-state index contributed by atoms with van der Waals surface area (Å²) in [6, 6.07) is 2.98. The van der Waals surface area contributed by atoms with Crippen LogP contribution in [0.2, 0.25) is 10.0 Å². The molecule has 2 aliphatic rings. The van der Waals surface area contributed by atoms with Crippen molar-refractivity contribution in [3.63, 3.8) is 0 Å². The van der Waals surface area contributed by atoms with Crippen molar-refractivity contribution in [2.75, 3.05) is 13.2 Å². The Labute approximate surface area is 228 Å². The van der Waals surface area contributed by atoms with Gasteiger partial charge in [0.2, 0.25) is 15.8 Å². The second-order valence-corrected chi connectivity index (χ2v) is 13.3. The van der Waals surface area contributed by atoms with Crippen LogP contribution >= 0.6 is 23.2 Å². The van der Waals surface area contributed by atoms with E-state index in [1.165, 1.54) is 17.2 Å². The van der Waals surface area contributed by atoms with Gasteiger partial charge in [-0.15, -0.1) is 5.10 Å². The number of hydrogen-bond acceptors (Lipinski definition) is 6. The summed E-state index contributed by atoms with van der Waals surface area (Å²) in [5.74, 6) is 0.723. The summed E-state index contributed by atoms with van der Waals surface area (Å²) in [6.45, 7) is 6.44. The first-order chi connectivity index (χ1) is 17.4. The van der Waals surface area contributed by atoms with E-state index in [4.69, 9.17) is 27.9 Å². The fraction of sp³-hybridized carbons (Fsp3) is 0.640. The number of sulfonamides is 1. The summed E-state index contributed by atoms with van der Waals surface area (Å²) in [4.78, 5) is 17.5. The van der Waals surface area contributed by atoms with Crippen LogP contribution in [-0.2, 0) is 21.2 Å². The zero-order chi connectivity index (χ0) is 26.8. The van der Waals surface area contributed by atoms with Gasteiger partial charge < -0.3 is 10.1 Å². The SMILES string of the molecule is CC(C)(C)NS(=O)(=O)c1ccc(-n2nc(C(=O)NC3CCOCC3)nc2CC2CCCCC2)c(Cl)c1Cl. The number of ether oxygens (including phenoxy) is 1. The first-order valence-electron chi connectivity index (χ1n) is 12.8. The standard InChI is InChI=1S/C25H35Cl2N5O4S/c1-25(2,3)31-37(34,35)19-10-9-18(21(26)22(19)27)32-20(15-16-7-5-4-6-8-16)29-23(30-32)24(33)28-17-11-13-36-14-12-17/h9-10,16-17,31H,4-8,11-15H2,1-3H3,(H,28,33). The number of rotatable bonds is 7. The van der Waals surface area contributed by atoms with Crippen molar-refractivity contribution < 1.29 is 17.9 Å². The molecule has 0 atom stereocenters. The predicted molar refractivity (Wildman–Crippen MR) is 143 cm³/mol. The van der Waals surface area contributed by atoms with Crippen LogP contribution in [0.15, 0.2) is 17.0 Å². The molecule has 1 aromatic heterocycles. The molecule has 1 saturated carbocycles. The molecule has 0 radical (unpaired) electrons. The smallest absolute Gasteiger partial charge is 0.291 e. The Morgan fingerprint density at radius 2 is 1.76 bits per heavy atom. The van der Waals surface area contributed by atoms with Crippen molar-refractivity contribution in [2.24, 2.45) is 5.92 Å². The summed E-state index contributed by atoms with van der Waals surface area (Å²) in [5, 5.41) is 7.45. The van der Waals surface area contributed by atoms with Crippen LogP contribution in [0.4, 0.5) is 0 Å². The molecule has 12 heteroatoms. The Morgan fingerprint density at radius 1 is 1.08 bits per heavy atom. The lowest BCUT2D eigenvalue weighted by atomic mass is 9.87. The first-order valence-corrected chi connectivity index (χ1v) is 15.1. The van der Waals surface area contributed by atoms with Crippen LogP contribution in [0, 0.1) is 5.92 Å².